The van der Waals surface area contributed by atoms with Crippen LogP contribution in [0, 0.1) is 11.7 Å². The van der Waals surface area contributed by atoms with E-state index in [0.29, 0.717) is 39.1 Å². The molecule has 1 aromatic rings. The van der Waals surface area contributed by atoms with E-state index in [-0.39, 0.29) is 41.9 Å². The zero-order chi connectivity index (χ0) is 23.8. The van der Waals surface area contributed by atoms with E-state index < -0.39 is 21.7 Å². The number of sulfonamides is 1. The molecule has 2 aliphatic rings. The predicted molar refractivity (Wildman–Crippen MR) is 122 cm³/mol. The van der Waals surface area contributed by atoms with Crippen LogP contribution in [0.25, 0.3) is 0 Å². The van der Waals surface area contributed by atoms with Crippen LogP contribution < -0.4 is 5.32 Å². The summed E-state index contributed by atoms with van der Waals surface area (Å²) >= 11 is 0. The Labute approximate surface area is 195 Å². The van der Waals surface area contributed by atoms with Crippen molar-refractivity contribution < 1.29 is 27.1 Å². The number of nitrogens with one attached hydrogen (secondary N) is 1. The van der Waals surface area contributed by atoms with E-state index in [9.17, 15) is 22.4 Å². The van der Waals surface area contributed by atoms with E-state index in [1.807, 2.05) is 0 Å². The Morgan fingerprint density at radius 1 is 1.15 bits per heavy atom. The number of piperidine rings is 1. The Balaban J connectivity index is 1.67. The number of likely N-dealkylation sites (tertiary alicyclic amines) is 1. The first-order valence-corrected chi connectivity index (χ1v) is 13.2. The number of carbonyl (C=O) groups is 2. The van der Waals surface area contributed by atoms with E-state index in [0.717, 1.165) is 37.8 Å². The van der Waals surface area contributed by atoms with Crippen molar-refractivity contribution in [3.8, 4) is 0 Å². The van der Waals surface area contributed by atoms with Gasteiger partial charge in [0.2, 0.25) is 15.9 Å². The van der Waals surface area contributed by atoms with Crippen molar-refractivity contribution in [1.29, 1.82) is 0 Å². The minimum atomic E-state index is -3.86. The highest BCUT2D eigenvalue weighted by Crippen LogP contribution is 2.24. The molecular weight excluding hydrogens is 449 g/mol. The summed E-state index contributed by atoms with van der Waals surface area (Å²) in [4.78, 5) is 27.0. The van der Waals surface area contributed by atoms with Crippen LogP contribution in [-0.4, -0.2) is 75.4 Å². The number of hydrogen-bond donors (Lipinski definition) is 1. The molecule has 8 nitrogen and oxygen atoms in total. The molecule has 1 N–H and O–H groups in total. The van der Waals surface area contributed by atoms with Gasteiger partial charge in [-0.1, -0.05) is 26.2 Å². The molecule has 0 radical (unpaired) electrons. The van der Waals surface area contributed by atoms with E-state index in [4.69, 9.17) is 4.74 Å². The number of hydrogen-bond acceptors (Lipinski definition) is 5. The maximum atomic E-state index is 14.6. The number of morpholine rings is 1. The number of halogens is 1. The number of amides is 2. The minimum Gasteiger partial charge on any atom is -0.379 e. The third-order valence-electron chi connectivity index (χ3n) is 6.19. The van der Waals surface area contributed by atoms with E-state index >= 15 is 0 Å². The maximum absolute atomic E-state index is 14.6. The molecule has 1 atom stereocenters. The summed E-state index contributed by atoms with van der Waals surface area (Å²) < 4.78 is 46.9. The molecule has 10 heteroatoms. The van der Waals surface area contributed by atoms with Crippen molar-refractivity contribution in [1.82, 2.24) is 14.5 Å². The number of benzene rings is 1. The topological polar surface area (TPSA) is 96.0 Å². The summed E-state index contributed by atoms with van der Waals surface area (Å²) in [6, 6.07) is 3.31. The van der Waals surface area contributed by atoms with Gasteiger partial charge in [-0.25, -0.2) is 12.8 Å². The first kappa shape index (κ1) is 25.6. The van der Waals surface area contributed by atoms with Gasteiger partial charge in [-0.15, -0.1) is 0 Å². The Hall–Kier alpha value is -2.04. The van der Waals surface area contributed by atoms with Crippen molar-refractivity contribution in [2.45, 2.75) is 50.3 Å². The highest BCUT2D eigenvalue weighted by molar-refractivity contribution is 7.89. The third kappa shape index (κ3) is 6.51. The zero-order valence-electron chi connectivity index (χ0n) is 19.2. The van der Waals surface area contributed by atoms with Gasteiger partial charge in [0, 0.05) is 32.7 Å². The quantitative estimate of drug-likeness (QED) is 0.544. The molecule has 3 rings (SSSR count). The van der Waals surface area contributed by atoms with Crippen LogP contribution in [0.15, 0.2) is 23.1 Å². The molecule has 0 spiro atoms. The van der Waals surface area contributed by atoms with E-state index in [1.165, 1.54) is 15.3 Å². The lowest BCUT2D eigenvalue weighted by molar-refractivity contribution is -0.126. The molecule has 184 valence electrons. The zero-order valence-corrected chi connectivity index (χ0v) is 20.0. The van der Waals surface area contributed by atoms with Crippen molar-refractivity contribution >= 4 is 21.8 Å². The number of carbonyl (C=O) groups excluding carboxylic acids is 2. The van der Waals surface area contributed by atoms with Crippen LogP contribution >= 0.6 is 0 Å². The van der Waals surface area contributed by atoms with Gasteiger partial charge in [-0.3, -0.25) is 9.59 Å². The molecule has 0 saturated carbocycles. The van der Waals surface area contributed by atoms with Crippen molar-refractivity contribution in [2.75, 3.05) is 45.9 Å². The van der Waals surface area contributed by atoms with Crippen LogP contribution in [-0.2, 0) is 19.6 Å². The van der Waals surface area contributed by atoms with Crippen LogP contribution in [0.5, 0.6) is 0 Å². The van der Waals surface area contributed by atoms with Crippen LogP contribution in [0.4, 0.5) is 4.39 Å². The second-order valence-corrected chi connectivity index (χ2v) is 10.5. The fourth-order valence-electron chi connectivity index (χ4n) is 4.22. The van der Waals surface area contributed by atoms with Crippen LogP contribution in [0.1, 0.15) is 55.8 Å². The molecule has 0 aliphatic carbocycles. The van der Waals surface area contributed by atoms with Crippen LogP contribution in [0.3, 0.4) is 0 Å². The molecule has 1 aromatic carbocycles. The predicted octanol–water partition coefficient (Wildman–Crippen LogP) is 2.40. The van der Waals surface area contributed by atoms with Gasteiger partial charge < -0.3 is 15.0 Å². The Morgan fingerprint density at radius 3 is 2.64 bits per heavy atom. The molecule has 0 aromatic heterocycles. The summed E-state index contributed by atoms with van der Waals surface area (Å²) in [6.45, 7) is 4.35. The highest BCUT2D eigenvalue weighted by atomic mass is 32.2. The van der Waals surface area contributed by atoms with Gasteiger partial charge in [-0.05, 0) is 37.5 Å². The average Bonchev–Trinajstić information content (AvgIpc) is 2.84. The number of nitrogens with zero attached hydrogens (tertiary/aromatic N) is 2. The fourth-order valence-corrected chi connectivity index (χ4v) is 5.65. The first-order chi connectivity index (χ1) is 15.8. The molecule has 2 amide bonds. The average molecular weight is 484 g/mol. The van der Waals surface area contributed by atoms with Crippen molar-refractivity contribution in [3.63, 3.8) is 0 Å². The molecule has 2 saturated heterocycles. The monoisotopic (exact) mass is 483 g/mol. The third-order valence-corrected chi connectivity index (χ3v) is 8.08. The summed E-state index contributed by atoms with van der Waals surface area (Å²) in [5.41, 5.74) is -0.287. The standard InChI is InChI=1S/C23H34FN3O5S/c1-2-3-4-5-10-25-22(28)18-7-6-11-26(17-18)23(29)20-16-19(8-9-21(20)24)33(30,31)27-12-14-32-15-13-27/h8-9,16,18H,2-7,10-15,17H2,1H3,(H,25,28). The second-order valence-electron chi connectivity index (χ2n) is 8.60. The Bertz CT molecular complexity index is 934. The Kier molecular flexibility index (Phi) is 9.22. The lowest BCUT2D eigenvalue weighted by Crippen LogP contribution is -2.46. The first-order valence-electron chi connectivity index (χ1n) is 11.8. The van der Waals surface area contributed by atoms with E-state index in [2.05, 4.69) is 12.2 Å². The normalized spacial score (nSPS) is 19.9. The molecule has 0 bridgehead atoms. The smallest absolute Gasteiger partial charge is 0.256 e. The van der Waals surface area contributed by atoms with Crippen LogP contribution in [0.2, 0.25) is 0 Å². The summed E-state index contributed by atoms with van der Waals surface area (Å²) in [7, 11) is -3.86. The van der Waals surface area contributed by atoms with Gasteiger partial charge >= 0.3 is 0 Å². The SMILES string of the molecule is CCCCCCNC(=O)C1CCCN(C(=O)c2cc(S(=O)(=O)N3CCOCC3)ccc2F)C1. The maximum Gasteiger partial charge on any atom is 0.256 e. The van der Waals surface area contributed by atoms with Gasteiger partial charge in [0.15, 0.2) is 0 Å². The number of ether oxygens (including phenoxy) is 1. The lowest BCUT2D eigenvalue weighted by Gasteiger charge is -2.32. The van der Waals surface area contributed by atoms with Crippen molar-refractivity contribution in [3.05, 3.63) is 29.6 Å². The second kappa shape index (κ2) is 11.9. The fraction of sp³-hybridized carbons (Fsp3) is 0.652. The molecule has 1 unspecified atom stereocenters. The highest BCUT2D eigenvalue weighted by Gasteiger charge is 2.32. The summed E-state index contributed by atoms with van der Waals surface area (Å²) in [6.07, 6.45) is 5.54. The molecular formula is C23H34FN3O5S. The molecule has 2 aliphatic heterocycles. The molecule has 33 heavy (non-hydrogen) atoms. The minimum absolute atomic E-state index is 0.0897. The molecule has 2 heterocycles. The Morgan fingerprint density at radius 2 is 1.91 bits per heavy atom. The summed E-state index contributed by atoms with van der Waals surface area (Å²) in [5.74, 6) is -1.80. The van der Waals surface area contributed by atoms with Gasteiger partial charge in [-0.2, -0.15) is 4.31 Å². The van der Waals surface area contributed by atoms with Crippen molar-refractivity contribution in [2.24, 2.45) is 5.92 Å². The van der Waals surface area contributed by atoms with E-state index in [1.54, 1.807) is 0 Å². The largest absolute Gasteiger partial charge is 0.379 e. The lowest BCUT2D eigenvalue weighted by atomic mass is 9.96. The number of unbranched alkanes of at least 4 members (excludes halogenated alkanes) is 3. The molecule has 2 fully saturated rings. The number of rotatable bonds is 9. The van der Waals surface area contributed by atoms with Gasteiger partial charge in [0.05, 0.1) is 29.6 Å². The van der Waals surface area contributed by atoms with Gasteiger partial charge in [0.1, 0.15) is 5.82 Å². The van der Waals surface area contributed by atoms with Gasteiger partial charge in [0.25, 0.3) is 5.91 Å². The summed E-state index contributed by atoms with van der Waals surface area (Å²) in [5, 5.41) is 2.94.